The van der Waals surface area contributed by atoms with Crippen LogP contribution in [-0.4, -0.2) is 28.6 Å². The minimum Gasteiger partial charge on any atom is -0.481 e. The quantitative estimate of drug-likeness (QED) is 0.357. The Morgan fingerprint density at radius 1 is 1.70 bits per heavy atom. The Labute approximate surface area is 57.6 Å². The Kier molecular flexibility index (Phi) is 4.43. The molecule has 58 valence electrons. The molecule has 0 aromatic heterocycles. The summed E-state index contributed by atoms with van der Waals surface area (Å²) in [5.41, 5.74) is 1.68. The number of carbonyl (C=O) groups excluding carboxylic acids is 1. The predicted octanol–water partition coefficient (Wildman–Crippen LogP) is -0.603. The Bertz CT molecular complexity index is 125. The number of hydrogen-bond donors (Lipinski definition) is 3. The van der Waals surface area contributed by atoms with Gasteiger partial charge in [-0.15, -0.1) is 0 Å². The first-order chi connectivity index (χ1) is 4.70. The molecule has 0 spiro atoms. The summed E-state index contributed by atoms with van der Waals surface area (Å²) in [5.74, 6) is -0.984. The molecule has 0 bridgehead atoms. The summed E-state index contributed by atoms with van der Waals surface area (Å²) in [4.78, 5) is 19.8. The van der Waals surface area contributed by atoms with E-state index in [4.69, 9.17) is 10.3 Å². The number of carboxylic acids is 1. The van der Waals surface area contributed by atoms with Crippen LogP contribution in [0.5, 0.6) is 0 Å². The zero-order valence-corrected chi connectivity index (χ0v) is 5.28. The molecule has 0 unspecified atom stereocenters. The van der Waals surface area contributed by atoms with E-state index in [1.165, 1.54) is 0 Å². The van der Waals surface area contributed by atoms with Crippen molar-refractivity contribution in [1.82, 2.24) is 5.48 Å². The molecule has 0 rings (SSSR count). The molecule has 10 heavy (non-hydrogen) atoms. The molecule has 0 aliphatic rings. The summed E-state index contributed by atoms with van der Waals surface area (Å²) < 4.78 is 0. The summed E-state index contributed by atoms with van der Waals surface area (Å²) in [7, 11) is 0. The van der Waals surface area contributed by atoms with Gasteiger partial charge in [-0.2, -0.15) is 5.48 Å². The minimum absolute atomic E-state index is 0.106. The number of rotatable bonds is 5. The highest BCUT2D eigenvalue weighted by atomic mass is 16.5. The topological polar surface area (TPSA) is 86.6 Å². The average Bonchev–Trinajstić information content (AvgIpc) is 1.90. The van der Waals surface area contributed by atoms with Crippen molar-refractivity contribution in [2.45, 2.75) is 18.9 Å². The molecule has 0 saturated heterocycles. The van der Waals surface area contributed by atoms with Crippen LogP contribution in [0, 0.1) is 0 Å². The zero-order chi connectivity index (χ0) is 7.98. The van der Waals surface area contributed by atoms with Gasteiger partial charge in [0.1, 0.15) is 6.29 Å². The van der Waals surface area contributed by atoms with Crippen LogP contribution in [0.15, 0.2) is 0 Å². The van der Waals surface area contributed by atoms with Crippen LogP contribution in [0.25, 0.3) is 0 Å². The third kappa shape index (κ3) is 3.99. The van der Waals surface area contributed by atoms with Crippen molar-refractivity contribution < 1.29 is 19.9 Å². The molecule has 5 heteroatoms. The second-order valence-corrected chi connectivity index (χ2v) is 1.80. The molecule has 3 N–H and O–H groups in total. The van der Waals surface area contributed by atoms with Crippen molar-refractivity contribution in [1.29, 1.82) is 0 Å². The van der Waals surface area contributed by atoms with Crippen LogP contribution in [0.2, 0.25) is 0 Å². The van der Waals surface area contributed by atoms with Gasteiger partial charge in [-0.05, 0) is 6.42 Å². The second-order valence-electron chi connectivity index (χ2n) is 1.80. The largest absolute Gasteiger partial charge is 0.481 e. The summed E-state index contributed by atoms with van der Waals surface area (Å²) in [6.45, 7) is 0. The normalized spacial score (nSPS) is 12.5. The van der Waals surface area contributed by atoms with Crippen LogP contribution in [0.4, 0.5) is 0 Å². The Hall–Kier alpha value is -0.940. The predicted molar refractivity (Wildman–Crippen MR) is 31.6 cm³/mol. The second kappa shape index (κ2) is 4.89. The van der Waals surface area contributed by atoms with Crippen molar-refractivity contribution in [2.75, 3.05) is 0 Å². The van der Waals surface area contributed by atoms with Gasteiger partial charge in [0.25, 0.3) is 0 Å². The van der Waals surface area contributed by atoms with Gasteiger partial charge in [-0.1, -0.05) is 0 Å². The monoisotopic (exact) mass is 147 g/mol. The molecule has 0 radical (unpaired) electrons. The van der Waals surface area contributed by atoms with Gasteiger partial charge in [0.15, 0.2) is 0 Å². The first kappa shape index (κ1) is 9.06. The number of aldehydes is 1. The molecule has 0 aromatic carbocycles. The molecule has 0 aliphatic carbocycles. The Balaban J connectivity index is 3.44. The summed E-state index contributed by atoms with van der Waals surface area (Å²) >= 11 is 0. The van der Waals surface area contributed by atoms with Crippen molar-refractivity contribution >= 4 is 12.3 Å². The molecular formula is C5H9NO4. The maximum Gasteiger partial charge on any atom is 0.303 e. The number of carbonyl (C=O) groups is 2. The molecule has 0 fully saturated rings. The van der Waals surface area contributed by atoms with E-state index in [0.29, 0.717) is 6.29 Å². The Morgan fingerprint density at radius 2 is 2.30 bits per heavy atom. The number of hydrogen-bond acceptors (Lipinski definition) is 4. The van der Waals surface area contributed by atoms with Gasteiger partial charge in [0.2, 0.25) is 0 Å². The van der Waals surface area contributed by atoms with E-state index in [1.807, 2.05) is 0 Å². The first-order valence-electron chi connectivity index (χ1n) is 2.77. The SMILES string of the molecule is O=C[C@H](CCC(=O)O)NO. The third-order valence-electron chi connectivity index (χ3n) is 0.999. The smallest absolute Gasteiger partial charge is 0.303 e. The average molecular weight is 147 g/mol. The standard InChI is InChI=1S/C5H9NO4/c7-3-4(6-10)1-2-5(8)9/h3-4,6,10H,1-2H2,(H,8,9)/t4-/m0/s1. The molecular weight excluding hydrogens is 138 g/mol. The van der Waals surface area contributed by atoms with Crippen molar-refractivity contribution in [3.8, 4) is 0 Å². The molecule has 0 amide bonds. The zero-order valence-electron chi connectivity index (χ0n) is 5.28. The highest BCUT2D eigenvalue weighted by Crippen LogP contribution is 1.92. The van der Waals surface area contributed by atoms with Crippen LogP contribution in [-0.2, 0) is 9.59 Å². The highest BCUT2D eigenvalue weighted by Gasteiger charge is 2.06. The first-order valence-corrected chi connectivity index (χ1v) is 2.77. The maximum absolute atomic E-state index is 9.93. The third-order valence-corrected chi connectivity index (χ3v) is 0.999. The van der Waals surface area contributed by atoms with Crippen LogP contribution >= 0.6 is 0 Å². The lowest BCUT2D eigenvalue weighted by atomic mass is 10.2. The van der Waals surface area contributed by atoms with Gasteiger partial charge < -0.3 is 15.1 Å². The molecule has 0 aliphatic heterocycles. The fraction of sp³-hybridized carbons (Fsp3) is 0.600. The number of hydroxylamine groups is 1. The van der Waals surface area contributed by atoms with E-state index in [9.17, 15) is 9.59 Å². The van der Waals surface area contributed by atoms with Crippen molar-refractivity contribution in [3.63, 3.8) is 0 Å². The van der Waals surface area contributed by atoms with Crippen LogP contribution in [0.3, 0.4) is 0 Å². The van der Waals surface area contributed by atoms with E-state index >= 15 is 0 Å². The molecule has 0 heterocycles. The van der Waals surface area contributed by atoms with E-state index in [-0.39, 0.29) is 12.8 Å². The fourth-order valence-corrected chi connectivity index (χ4v) is 0.442. The lowest BCUT2D eigenvalue weighted by molar-refractivity contribution is -0.137. The van der Waals surface area contributed by atoms with Gasteiger partial charge in [-0.25, -0.2) is 0 Å². The molecule has 5 nitrogen and oxygen atoms in total. The van der Waals surface area contributed by atoms with Crippen LogP contribution in [0.1, 0.15) is 12.8 Å². The minimum atomic E-state index is -0.984. The van der Waals surface area contributed by atoms with Gasteiger partial charge >= 0.3 is 5.97 Å². The summed E-state index contributed by atoms with van der Waals surface area (Å²) in [6, 6.07) is -0.768. The van der Waals surface area contributed by atoms with Crippen molar-refractivity contribution in [3.05, 3.63) is 0 Å². The maximum atomic E-state index is 9.93. The van der Waals surface area contributed by atoms with Gasteiger partial charge in [0, 0.05) is 6.42 Å². The van der Waals surface area contributed by atoms with Crippen molar-refractivity contribution in [2.24, 2.45) is 0 Å². The van der Waals surface area contributed by atoms with E-state index < -0.39 is 12.0 Å². The lowest BCUT2D eigenvalue weighted by Gasteiger charge is -2.03. The molecule has 0 aromatic rings. The van der Waals surface area contributed by atoms with Gasteiger partial charge in [0.05, 0.1) is 6.04 Å². The molecule has 0 saturated carbocycles. The van der Waals surface area contributed by atoms with Gasteiger partial charge in [-0.3, -0.25) is 4.79 Å². The summed E-state index contributed by atoms with van der Waals surface area (Å²) in [5, 5.41) is 16.3. The number of aliphatic carboxylic acids is 1. The fourth-order valence-electron chi connectivity index (χ4n) is 0.442. The lowest BCUT2D eigenvalue weighted by Crippen LogP contribution is -2.27. The highest BCUT2D eigenvalue weighted by molar-refractivity contribution is 5.68. The van der Waals surface area contributed by atoms with E-state index in [1.54, 1.807) is 5.48 Å². The number of nitrogens with one attached hydrogen (secondary N) is 1. The molecule has 1 atom stereocenters. The Morgan fingerprint density at radius 3 is 2.60 bits per heavy atom. The van der Waals surface area contributed by atoms with E-state index in [0.717, 1.165) is 0 Å². The van der Waals surface area contributed by atoms with E-state index in [2.05, 4.69) is 0 Å². The number of carboxylic acid groups (broad SMARTS) is 1. The van der Waals surface area contributed by atoms with Crippen LogP contribution < -0.4 is 5.48 Å². The summed E-state index contributed by atoms with van der Waals surface area (Å²) in [6.07, 6.45) is 0.440.